The summed E-state index contributed by atoms with van der Waals surface area (Å²) in [6, 6.07) is 4.80. The van der Waals surface area contributed by atoms with Gasteiger partial charge in [-0.15, -0.1) is 0 Å². The van der Waals surface area contributed by atoms with Crippen molar-refractivity contribution in [3.63, 3.8) is 0 Å². The lowest BCUT2D eigenvalue weighted by Crippen LogP contribution is -2.45. The Morgan fingerprint density at radius 2 is 2.29 bits per heavy atom. The lowest BCUT2D eigenvalue weighted by Gasteiger charge is -2.32. The number of nitrogens with one attached hydrogen (secondary N) is 1. The number of piperidine rings is 1. The molecule has 3 rings (SSSR count). The van der Waals surface area contributed by atoms with Gasteiger partial charge in [0.25, 0.3) is 0 Å². The predicted molar refractivity (Wildman–Crippen MR) is 86.8 cm³/mol. The molecule has 0 radical (unpaired) electrons. The number of rotatable bonds is 4. The van der Waals surface area contributed by atoms with E-state index in [-0.39, 0.29) is 12.1 Å². The number of carbonyl (C=O) groups excluding carboxylic acids is 1. The third-order valence-electron chi connectivity index (χ3n) is 3.83. The van der Waals surface area contributed by atoms with Crippen LogP contribution in [0.2, 0.25) is 0 Å². The van der Waals surface area contributed by atoms with Gasteiger partial charge >= 0.3 is 6.03 Å². The number of aromatic nitrogens is 2. The minimum Gasteiger partial charge on any atom is -0.372 e. The molecule has 2 aromatic heterocycles. The first-order valence-corrected chi connectivity index (χ1v) is 7.88. The van der Waals surface area contributed by atoms with E-state index >= 15 is 0 Å². The van der Waals surface area contributed by atoms with Gasteiger partial charge in [-0.1, -0.05) is 6.07 Å². The number of nitrogens with zero attached hydrogens (tertiary/aromatic N) is 3. The van der Waals surface area contributed by atoms with Gasteiger partial charge in [0.2, 0.25) is 0 Å². The molecule has 6 nitrogen and oxygen atoms in total. The fourth-order valence-electron chi connectivity index (χ4n) is 2.64. The molecule has 0 aliphatic carbocycles. The van der Waals surface area contributed by atoms with Gasteiger partial charge in [0.1, 0.15) is 5.82 Å². The topological polar surface area (TPSA) is 67.4 Å². The summed E-state index contributed by atoms with van der Waals surface area (Å²) in [4.78, 5) is 21.8. The number of pyridine rings is 2. The van der Waals surface area contributed by atoms with Crippen molar-refractivity contribution < 1.29 is 13.9 Å². The predicted octanol–water partition coefficient (Wildman–Crippen LogP) is 2.83. The number of halogens is 1. The fourth-order valence-corrected chi connectivity index (χ4v) is 2.64. The summed E-state index contributed by atoms with van der Waals surface area (Å²) < 4.78 is 19.0. The average molecular weight is 330 g/mol. The quantitative estimate of drug-likeness (QED) is 0.936. The van der Waals surface area contributed by atoms with Crippen molar-refractivity contribution in [3.05, 3.63) is 54.4 Å². The highest BCUT2D eigenvalue weighted by atomic mass is 19.1. The van der Waals surface area contributed by atoms with Crippen LogP contribution in [0.1, 0.15) is 18.4 Å². The summed E-state index contributed by atoms with van der Waals surface area (Å²) in [5.74, 6) is -0.482. The van der Waals surface area contributed by atoms with Crippen LogP contribution in [0.15, 0.2) is 43.0 Å². The first-order valence-electron chi connectivity index (χ1n) is 7.88. The van der Waals surface area contributed by atoms with E-state index in [1.807, 2.05) is 12.1 Å². The Morgan fingerprint density at radius 1 is 1.38 bits per heavy atom. The molecular weight excluding hydrogens is 311 g/mol. The van der Waals surface area contributed by atoms with E-state index in [1.54, 1.807) is 17.3 Å². The van der Waals surface area contributed by atoms with Crippen molar-refractivity contribution in [1.29, 1.82) is 0 Å². The number of urea groups is 1. The highest BCUT2D eigenvalue weighted by molar-refractivity contribution is 5.89. The SMILES string of the molecule is O=C(Nc1cncc(F)c1)N1CCC[C@H](OCc2cccnc2)C1. The summed E-state index contributed by atoms with van der Waals surface area (Å²) in [6.45, 7) is 1.64. The summed E-state index contributed by atoms with van der Waals surface area (Å²) in [6.07, 6.45) is 7.76. The van der Waals surface area contributed by atoms with Crippen LogP contribution in [0, 0.1) is 5.82 Å². The molecule has 24 heavy (non-hydrogen) atoms. The van der Waals surface area contributed by atoms with E-state index in [9.17, 15) is 9.18 Å². The molecule has 0 unspecified atom stereocenters. The van der Waals surface area contributed by atoms with Crippen LogP contribution in [-0.2, 0) is 11.3 Å². The molecule has 3 heterocycles. The molecule has 2 amide bonds. The third kappa shape index (κ3) is 4.48. The molecule has 0 saturated carbocycles. The van der Waals surface area contributed by atoms with Crippen LogP contribution >= 0.6 is 0 Å². The molecule has 0 spiro atoms. The van der Waals surface area contributed by atoms with E-state index in [4.69, 9.17) is 4.74 Å². The summed E-state index contributed by atoms with van der Waals surface area (Å²) in [5, 5.41) is 2.67. The Bertz CT molecular complexity index is 683. The molecule has 1 fully saturated rings. The van der Waals surface area contributed by atoms with E-state index in [1.165, 1.54) is 12.3 Å². The van der Waals surface area contributed by atoms with Crippen molar-refractivity contribution in [3.8, 4) is 0 Å². The zero-order valence-electron chi connectivity index (χ0n) is 13.2. The zero-order valence-corrected chi connectivity index (χ0v) is 13.2. The Morgan fingerprint density at radius 3 is 3.08 bits per heavy atom. The van der Waals surface area contributed by atoms with Crippen LogP contribution < -0.4 is 5.32 Å². The number of hydrogen-bond acceptors (Lipinski definition) is 4. The van der Waals surface area contributed by atoms with E-state index in [0.29, 0.717) is 25.4 Å². The minimum absolute atomic E-state index is 0.0182. The molecule has 7 heteroatoms. The molecular formula is C17H19FN4O2. The van der Waals surface area contributed by atoms with E-state index in [0.717, 1.165) is 24.6 Å². The standard InChI is InChI=1S/C17H19FN4O2/c18-14-7-15(10-20-9-14)21-17(23)22-6-2-4-16(11-22)24-12-13-3-1-5-19-8-13/h1,3,5,7-10,16H,2,4,6,11-12H2,(H,21,23)/t16-/m0/s1. The third-order valence-corrected chi connectivity index (χ3v) is 3.83. The van der Waals surface area contributed by atoms with Gasteiger partial charge in [-0.2, -0.15) is 0 Å². The number of ether oxygens (including phenoxy) is 1. The lowest BCUT2D eigenvalue weighted by atomic mass is 10.1. The van der Waals surface area contributed by atoms with Gasteiger partial charge in [-0.25, -0.2) is 9.18 Å². The largest absolute Gasteiger partial charge is 0.372 e. The molecule has 126 valence electrons. The molecule has 1 N–H and O–H groups in total. The first kappa shape index (κ1) is 16.3. The first-order chi connectivity index (χ1) is 11.7. The van der Waals surface area contributed by atoms with Crippen LogP contribution in [-0.4, -0.2) is 40.1 Å². The second-order valence-electron chi connectivity index (χ2n) is 5.70. The number of anilines is 1. The highest BCUT2D eigenvalue weighted by Crippen LogP contribution is 2.16. The van der Waals surface area contributed by atoms with Gasteiger partial charge in [-0.3, -0.25) is 9.97 Å². The van der Waals surface area contributed by atoms with Crippen molar-refractivity contribution in [2.75, 3.05) is 18.4 Å². The second kappa shape index (κ2) is 7.83. The van der Waals surface area contributed by atoms with Gasteiger partial charge in [0.15, 0.2) is 0 Å². The van der Waals surface area contributed by atoms with Crippen molar-refractivity contribution in [1.82, 2.24) is 14.9 Å². The normalized spacial score (nSPS) is 17.5. The van der Waals surface area contributed by atoms with Gasteiger partial charge < -0.3 is 15.0 Å². The van der Waals surface area contributed by atoms with Crippen LogP contribution in [0.25, 0.3) is 0 Å². The number of hydrogen-bond donors (Lipinski definition) is 1. The molecule has 1 atom stereocenters. The molecule has 1 saturated heterocycles. The Hall–Kier alpha value is -2.54. The maximum Gasteiger partial charge on any atom is 0.321 e. The number of likely N-dealkylation sites (tertiary alicyclic amines) is 1. The number of amides is 2. The average Bonchev–Trinajstić information content (AvgIpc) is 2.61. The molecule has 0 aromatic carbocycles. The highest BCUT2D eigenvalue weighted by Gasteiger charge is 2.24. The minimum atomic E-state index is -0.482. The Kier molecular flexibility index (Phi) is 5.32. The summed E-state index contributed by atoms with van der Waals surface area (Å²) in [5.41, 5.74) is 1.35. The summed E-state index contributed by atoms with van der Waals surface area (Å²) in [7, 11) is 0. The Balaban J connectivity index is 1.52. The van der Waals surface area contributed by atoms with Gasteiger partial charge in [0.05, 0.1) is 30.8 Å². The lowest BCUT2D eigenvalue weighted by molar-refractivity contribution is 0.000915. The van der Waals surface area contributed by atoms with Crippen LogP contribution in [0.3, 0.4) is 0 Å². The van der Waals surface area contributed by atoms with Crippen molar-refractivity contribution in [2.45, 2.75) is 25.6 Å². The monoisotopic (exact) mass is 330 g/mol. The van der Waals surface area contributed by atoms with Crippen molar-refractivity contribution >= 4 is 11.7 Å². The van der Waals surface area contributed by atoms with Crippen LogP contribution in [0.5, 0.6) is 0 Å². The molecule has 2 aromatic rings. The maximum atomic E-state index is 13.1. The number of carbonyl (C=O) groups is 1. The van der Waals surface area contributed by atoms with Crippen LogP contribution in [0.4, 0.5) is 14.9 Å². The molecule has 1 aliphatic heterocycles. The van der Waals surface area contributed by atoms with E-state index in [2.05, 4.69) is 15.3 Å². The smallest absolute Gasteiger partial charge is 0.321 e. The maximum absolute atomic E-state index is 13.1. The molecule has 0 bridgehead atoms. The van der Waals surface area contributed by atoms with Crippen molar-refractivity contribution in [2.24, 2.45) is 0 Å². The van der Waals surface area contributed by atoms with Gasteiger partial charge in [-0.05, 0) is 24.5 Å². The fraction of sp³-hybridized carbons (Fsp3) is 0.353. The summed E-state index contributed by atoms with van der Waals surface area (Å²) >= 11 is 0. The van der Waals surface area contributed by atoms with E-state index < -0.39 is 5.82 Å². The second-order valence-corrected chi connectivity index (χ2v) is 5.70. The van der Waals surface area contributed by atoms with Gasteiger partial charge in [0, 0.05) is 31.5 Å². The zero-order chi connectivity index (χ0) is 16.8. The Labute approximate surface area is 139 Å². The molecule has 1 aliphatic rings.